The smallest absolute Gasteiger partial charge is 0.306 e. The van der Waals surface area contributed by atoms with Crippen LogP contribution in [0.3, 0.4) is 0 Å². The normalized spacial score (nSPS) is 51.7. The molecule has 0 N–H and O–H groups in total. The Morgan fingerprint density at radius 2 is 1.76 bits per heavy atom. The van der Waals surface area contributed by atoms with Crippen molar-refractivity contribution in [1.82, 2.24) is 0 Å². The number of carbonyl (C=O) groups excluding carboxylic acids is 3. The molecule has 5 rings (SSSR count). The second kappa shape index (κ2) is 7.15. The summed E-state index contributed by atoms with van der Waals surface area (Å²) in [6, 6.07) is 0. The molecule has 0 aromatic carbocycles. The molecule has 0 bridgehead atoms. The molecule has 4 unspecified atom stereocenters. The molecule has 5 aliphatic rings. The van der Waals surface area contributed by atoms with Crippen LogP contribution in [0.2, 0.25) is 0 Å². The lowest BCUT2D eigenvalue weighted by atomic mass is 9.35. The maximum atomic E-state index is 14.1. The molecule has 3 saturated carbocycles. The van der Waals surface area contributed by atoms with E-state index < -0.39 is 11.5 Å². The van der Waals surface area contributed by atoms with Crippen molar-refractivity contribution in [2.45, 2.75) is 92.1 Å². The first-order valence-electron chi connectivity index (χ1n) is 13.0. The summed E-state index contributed by atoms with van der Waals surface area (Å²) in [7, 11) is 0. The van der Waals surface area contributed by atoms with Crippen LogP contribution in [0.4, 0.5) is 0 Å². The van der Waals surface area contributed by atoms with E-state index in [0.29, 0.717) is 12.3 Å². The Hall–Kier alpha value is -1.71. The third-order valence-electron chi connectivity index (χ3n) is 11.6. The molecule has 4 fully saturated rings. The van der Waals surface area contributed by atoms with E-state index >= 15 is 0 Å². The van der Waals surface area contributed by atoms with Crippen molar-refractivity contribution in [3.05, 3.63) is 23.8 Å². The summed E-state index contributed by atoms with van der Waals surface area (Å²) in [5.41, 5.74) is 2.10. The number of rotatable bonds is 1. The number of hydrogen-bond donors (Lipinski definition) is 0. The summed E-state index contributed by atoms with van der Waals surface area (Å²) in [6.45, 7) is 16.2. The maximum Gasteiger partial charge on any atom is 0.306 e. The fourth-order valence-electron chi connectivity index (χ4n) is 9.31. The number of hydrogen-bond acceptors (Lipinski definition) is 4. The molecule has 0 spiro atoms. The molecule has 0 aromatic rings. The van der Waals surface area contributed by atoms with E-state index in [1.54, 1.807) is 0 Å². The van der Waals surface area contributed by atoms with Gasteiger partial charge in [-0.2, -0.15) is 0 Å². The fraction of sp³-hybridized carbons (Fsp3) is 0.759. The second-order valence-electron chi connectivity index (χ2n) is 13.0. The van der Waals surface area contributed by atoms with Gasteiger partial charge in [-0.25, -0.2) is 0 Å². The largest absolute Gasteiger partial charge is 0.454 e. The van der Waals surface area contributed by atoms with Crippen LogP contribution in [-0.2, 0) is 19.1 Å². The van der Waals surface area contributed by atoms with Gasteiger partial charge in [-0.1, -0.05) is 52.3 Å². The highest BCUT2D eigenvalue weighted by atomic mass is 16.5. The van der Waals surface area contributed by atoms with Crippen LogP contribution >= 0.6 is 0 Å². The first-order valence-corrected chi connectivity index (χ1v) is 13.0. The van der Waals surface area contributed by atoms with E-state index in [9.17, 15) is 14.4 Å². The van der Waals surface area contributed by atoms with Gasteiger partial charge in [0.1, 0.15) is 0 Å². The molecule has 1 saturated heterocycles. The highest BCUT2D eigenvalue weighted by Gasteiger charge is 2.68. The standard InChI is InChI=1S/C29H40O4/c1-17-7-10-26(3)13-14-28(5)20(24(26)18(17)2)15-21(31)25-27(4)11-9-23(32)33-22(16-30)19(27)8-12-29(25,28)6/h15-17,19,22,24-25H,2,7-14H2,1,3-6H3/t17-,19?,22-,24?,25?,26?,27+,28-,29-/m1/s1. The van der Waals surface area contributed by atoms with Crippen LogP contribution in [-0.4, -0.2) is 24.1 Å². The lowest BCUT2D eigenvalue weighted by Crippen LogP contribution is -2.64. The van der Waals surface area contributed by atoms with Crippen molar-refractivity contribution in [3.8, 4) is 0 Å². The zero-order valence-corrected chi connectivity index (χ0v) is 21.0. The number of ether oxygens (including phenoxy) is 1. The number of cyclic esters (lactones) is 1. The Morgan fingerprint density at radius 3 is 2.45 bits per heavy atom. The van der Waals surface area contributed by atoms with E-state index in [1.807, 2.05) is 6.08 Å². The molecule has 0 radical (unpaired) electrons. The van der Waals surface area contributed by atoms with Crippen molar-refractivity contribution < 1.29 is 19.1 Å². The number of esters is 1. The zero-order valence-electron chi connectivity index (χ0n) is 21.0. The van der Waals surface area contributed by atoms with Crippen molar-refractivity contribution in [2.75, 3.05) is 0 Å². The number of allylic oxidation sites excluding steroid dienone is 3. The van der Waals surface area contributed by atoms with Crippen LogP contribution in [0.5, 0.6) is 0 Å². The molecule has 4 nitrogen and oxygen atoms in total. The molecular formula is C29H40O4. The van der Waals surface area contributed by atoms with Gasteiger partial charge in [0, 0.05) is 24.2 Å². The van der Waals surface area contributed by atoms with E-state index in [0.717, 1.165) is 32.0 Å². The highest BCUT2D eigenvalue weighted by Crippen LogP contribution is 2.73. The van der Waals surface area contributed by atoms with Crippen LogP contribution in [0.15, 0.2) is 23.8 Å². The summed E-state index contributed by atoms with van der Waals surface area (Å²) in [4.78, 5) is 38.4. The summed E-state index contributed by atoms with van der Waals surface area (Å²) >= 11 is 0. The van der Waals surface area contributed by atoms with Crippen molar-refractivity contribution in [3.63, 3.8) is 0 Å². The monoisotopic (exact) mass is 452 g/mol. The molecule has 180 valence electrons. The lowest BCUT2D eigenvalue weighted by molar-refractivity contribution is -0.173. The van der Waals surface area contributed by atoms with Gasteiger partial charge in [0.15, 0.2) is 18.2 Å². The first-order chi connectivity index (χ1) is 15.4. The minimum Gasteiger partial charge on any atom is -0.454 e. The summed E-state index contributed by atoms with van der Waals surface area (Å²) in [6.07, 6.45) is 9.27. The van der Waals surface area contributed by atoms with Gasteiger partial charge >= 0.3 is 5.97 Å². The fourth-order valence-corrected chi connectivity index (χ4v) is 9.31. The predicted octanol–water partition coefficient (Wildman–Crippen LogP) is 5.85. The number of carbonyl (C=O) groups is 3. The Bertz CT molecular complexity index is 963. The van der Waals surface area contributed by atoms with Crippen molar-refractivity contribution in [1.29, 1.82) is 0 Å². The number of ketones is 1. The van der Waals surface area contributed by atoms with Gasteiger partial charge in [0.05, 0.1) is 0 Å². The molecule has 0 amide bonds. The van der Waals surface area contributed by atoms with Crippen LogP contribution < -0.4 is 0 Å². The van der Waals surface area contributed by atoms with Crippen LogP contribution in [0, 0.1) is 45.3 Å². The van der Waals surface area contributed by atoms with Crippen LogP contribution in [0.25, 0.3) is 0 Å². The maximum absolute atomic E-state index is 14.1. The molecule has 33 heavy (non-hydrogen) atoms. The second-order valence-corrected chi connectivity index (χ2v) is 13.0. The molecule has 9 atom stereocenters. The minimum atomic E-state index is -0.742. The highest BCUT2D eigenvalue weighted by molar-refractivity contribution is 5.96. The van der Waals surface area contributed by atoms with Gasteiger partial charge < -0.3 is 4.74 Å². The summed E-state index contributed by atoms with van der Waals surface area (Å²) in [5.74, 6) is 0.351. The molecular weight excluding hydrogens is 412 g/mol. The quantitative estimate of drug-likeness (QED) is 0.285. The Labute approximate surface area is 198 Å². The number of fused-ring (bicyclic) bond motifs is 7. The van der Waals surface area contributed by atoms with Gasteiger partial charge in [-0.3, -0.25) is 14.4 Å². The predicted molar refractivity (Wildman–Crippen MR) is 127 cm³/mol. The molecule has 4 heteroatoms. The van der Waals surface area contributed by atoms with E-state index in [2.05, 4.69) is 41.2 Å². The van der Waals surface area contributed by atoms with Crippen LogP contribution in [0.1, 0.15) is 86.0 Å². The van der Waals surface area contributed by atoms with Crippen molar-refractivity contribution >= 4 is 18.0 Å². The molecule has 0 aromatic heterocycles. The zero-order chi connectivity index (χ0) is 24.0. The summed E-state index contributed by atoms with van der Waals surface area (Å²) in [5, 5.41) is 0. The topological polar surface area (TPSA) is 60.4 Å². The van der Waals surface area contributed by atoms with Gasteiger partial charge in [0.2, 0.25) is 0 Å². The number of aldehydes is 1. The molecule has 4 aliphatic carbocycles. The Kier molecular flexibility index (Phi) is 4.99. The summed E-state index contributed by atoms with van der Waals surface area (Å²) < 4.78 is 5.54. The van der Waals surface area contributed by atoms with Gasteiger partial charge in [-0.05, 0) is 78.6 Å². The Balaban J connectivity index is 1.65. The van der Waals surface area contributed by atoms with E-state index in [4.69, 9.17) is 4.74 Å². The third kappa shape index (κ3) is 2.85. The third-order valence-corrected chi connectivity index (χ3v) is 11.6. The van der Waals surface area contributed by atoms with Crippen molar-refractivity contribution in [2.24, 2.45) is 45.3 Å². The lowest BCUT2D eigenvalue weighted by Gasteiger charge is -2.68. The Morgan fingerprint density at radius 1 is 1.03 bits per heavy atom. The molecule has 1 heterocycles. The average Bonchev–Trinajstić information content (AvgIpc) is 2.88. The van der Waals surface area contributed by atoms with Gasteiger partial charge in [-0.15, -0.1) is 0 Å². The average molecular weight is 453 g/mol. The van der Waals surface area contributed by atoms with E-state index in [1.165, 1.54) is 24.0 Å². The SMILES string of the molecule is C=C1C2C3=CC(=O)C4[C@@]5(C)CCC(=O)O[C@H](C=O)C5CC[C@@]4(C)[C@]3(C)CCC2(C)CC[C@H]1C. The van der Waals surface area contributed by atoms with Gasteiger partial charge in [0.25, 0.3) is 0 Å². The van der Waals surface area contributed by atoms with E-state index in [-0.39, 0.29) is 52.2 Å². The first kappa shape index (κ1) is 23.1. The minimum absolute atomic E-state index is 0.0857. The molecule has 1 aliphatic heterocycles.